The highest BCUT2D eigenvalue weighted by molar-refractivity contribution is 6.35. The molecule has 2 aromatic rings. The Kier molecular flexibility index (Phi) is 2.33. The van der Waals surface area contributed by atoms with Gasteiger partial charge in [0.15, 0.2) is 0 Å². The topological polar surface area (TPSA) is 43.8 Å². The summed E-state index contributed by atoms with van der Waals surface area (Å²) < 4.78 is 2.11. The van der Waals surface area contributed by atoms with Gasteiger partial charge in [0.1, 0.15) is 5.52 Å². The number of imidazole rings is 1. The monoisotopic (exact) mass is 249 g/mol. The summed E-state index contributed by atoms with van der Waals surface area (Å²) in [6.45, 7) is 3.21. The Balaban J connectivity index is 2.09. The molecule has 2 N–H and O–H groups in total. The van der Waals surface area contributed by atoms with E-state index in [4.69, 9.17) is 17.3 Å². The number of rotatable bonds is 3. The van der Waals surface area contributed by atoms with Gasteiger partial charge in [-0.05, 0) is 36.8 Å². The summed E-state index contributed by atoms with van der Waals surface area (Å²) in [6, 6.07) is 5.84. The fraction of sp³-hybridized carbons (Fsp3) is 0.462. The molecule has 0 aliphatic heterocycles. The second kappa shape index (κ2) is 3.64. The van der Waals surface area contributed by atoms with Crippen LogP contribution in [0.25, 0.3) is 11.0 Å². The largest absolute Gasteiger partial charge is 0.369 e. The summed E-state index contributed by atoms with van der Waals surface area (Å²) in [5.41, 5.74) is 8.32. The minimum absolute atomic E-state index is 0.448. The third kappa shape index (κ3) is 1.69. The summed E-state index contributed by atoms with van der Waals surface area (Å²) in [6.07, 6.45) is 3.79. The van der Waals surface area contributed by atoms with Crippen molar-refractivity contribution < 1.29 is 0 Å². The molecule has 1 aromatic heterocycles. The lowest BCUT2D eigenvalue weighted by atomic mass is 10.0. The molecular formula is C13H16ClN3. The van der Waals surface area contributed by atoms with Crippen molar-refractivity contribution in [1.82, 2.24) is 9.55 Å². The number of benzene rings is 1. The normalized spacial score (nSPS) is 17.5. The highest BCUT2D eigenvalue weighted by Gasteiger charge is 2.41. The lowest BCUT2D eigenvalue weighted by Gasteiger charge is -2.15. The average Bonchev–Trinajstić information content (AvgIpc) is 3.02. The Morgan fingerprint density at radius 2 is 2.24 bits per heavy atom. The second-order valence-corrected chi connectivity index (χ2v) is 5.42. The van der Waals surface area contributed by atoms with E-state index in [-0.39, 0.29) is 0 Å². The molecule has 0 saturated heterocycles. The summed E-state index contributed by atoms with van der Waals surface area (Å²) in [5, 5.41) is 0.675. The van der Waals surface area contributed by atoms with Crippen LogP contribution in [0, 0.1) is 5.41 Å². The van der Waals surface area contributed by atoms with Crippen LogP contribution in [0.3, 0.4) is 0 Å². The number of para-hydroxylation sites is 1. The highest BCUT2D eigenvalue weighted by Crippen LogP contribution is 2.50. The maximum Gasteiger partial charge on any atom is 0.201 e. The average molecular weight is 250 g/mol. The van der Waals surface area contributed by atoms with Crippen LogP contribution < -0.4 is 5.73 Å². The van der Waals surface area contributed by atoms with Gasteiger partial charge in [0.2, 0.25) is 5.95 Å². The molecule has 0 amide bonds. The fourth-order valence-electron chi connectivity index (χ4n) is 2.43. The molecule has 1 aliphatic carbocycles. The maximum atomic E-state index is 6.13. The third-order valence-corrected chi connectivity index (χ3v) is 4.26. The molecule has 0 bridgehead atoms. The molecule has 0 unspecified atom stereocenters. The predicted octanol–water partition coefficient (Wildman–Crippen LogP) is 3.46. The Morgan fingerprint density at radius 3 is 2.88 bits per heavy atom. The third-order valence-electron chi connectivity index (χ3n) is 3.96. The minimum Gasteiger partial charge on any atom is -0.369 e. The van der Waals surface area contributed by atoms with Crippen molar-refractivity contribution in [2.24, 2.45) is 5.41 Å². The highest BCUT2D eigenvalue weighted by atomic mass is 35.5. The van der Waals surface area contributed by atoms with E-state index >= 15 is 0 Å². The fourth-order valence-corrected chi connectivity index (χ4v) is 2.64. The van der Waals surface area contributed by atoms with E-state index in [1.54, 1.807) is 0 Å². The zero-order chi connectivity index (χ0) is 12.0. The van der Waals surface area contributed by atoms with E-state index in [1.807, 2.05) is 18.2 Å². The van der Waals surface area contributed by atoms with Crippen LogP contribution in [0.2, 0.25) is 5.02 Å². The first-order chi connectivity index (χ1) is 8.15. The van der Waals surface area contributed by atoms with Gasteiger partial charge in [-0.25, -0.2) is 4.98 Å². The smallest absolute Gasteiger partial charge is 0.201 e. The first-order valence-corrected chi connectivity index (χ1v) is 6.43. The van der Waals surface area contributed by atoms with Gasteiger partial charge in [-0.3, -0.25) is 0 Å². The van der Waals surface area contributed by atoms with E-state index in [0.717, 1.165) is 17.6 Å². The number of nitrogens with two attached hydrogens (primary N) is 1. The molecule has 4 heteroatoms. The maximum absolute atomic E-state index is 6.13. The summed E-state index contributed by atoms with van der Waals surface area (Å²) in [5.74, 6) is 0.577. The number of fused-ring (bicyclic) bond motifs is 1. The van der Waals surface area contributed by atoms with Gasteiger partial charge in [-0.1, -0.05) is 24.6 Å². The van der Waals surface area contributed by atoms with Crippen LogP contribution in [0.5, 0.6) is 0 Å². The molecule has 1 fully saturated rings. The minimum atomic E-state index is 0.448. The number of nitrogen functional groups attached to an aromatic ring is 1. The standard InChI is InChI=1S/C13H16ClN3/c1-2-13(6-7-13)8-17-10-5-3-4-9(14)11(10)16-12(17)15/h3-5H,2,6-8H2,1H3,(H2,15,16). The Morgan fingerprint density at radius 1 is 1.47 bits per heavy atom. The molecule has 0 spiro atoms. The molecule has 90 valence electrons. The number of hydrogen-bond donors (Lipinski definition) is 1. The van der Waals surface area contributed by atoms with Gasteiger partial charge in [0, 0.05) is 6.54 Å². The number of nitrogens with zero attached hydrogens (tertiary/aromatic N) is 2. The van der Waals surface area contributed by atoms with Gasteiger partial charge in [-0.15, -0.1) is 0 Å². The van der Waals surface area contributed by atoms with Crippen LogP contribution in [0.4, 0.5) is 5.95 Å². The first kappa shape index (κ1) is 10.9. The SMILES string of the molecule is CCC1(Cn2c(N)nc3c(Cl)cccc32)CC1. The van der Waals surface area contributed by atoms with Gasteiger partial charge < -0.3 is 10.3 Å². The summed E-state index contributed by atoms with van der Waals surface area (Å²) in [7, 11) is 0. The van der Waals surface area contributed by atoms with Crippen molar-refractivity contribution in [1.29, 1.82) is 0 Å². The molecule has 0 radical (unpaired) electrons. The van der Waals surface area contributed by atoms with E-state index in [9.17, 15) is 0 Å². The van der Waals surface area contributed by atoms with Gasteiger partial charge in [0.25, 0.3) is 0 Å². The van der Waals surface area contributed by atoms with Crippen LogP contribution in [-0.2, 0) is 6.54 Å². The number of aromatic nitrogens is 2. The Labute approximate surface area is 106 Å². The Bertz CT molecular complexity index is 569. The zero-order valence-electron chi connectivity index (χ0n) is 9.91. The van der Waals surface area contributed by atoms with E-state index in [2.05, 4.69) is 16.5 Å². The predicted molar refractivity (Wildman–Crippen MR) is 71.1 cm³/mol. The molecule has 3 nitrogen and oxygen atoms in total. The van der Waals surface area contributed by atoms with Crippen LogP contribution in [0.1, 0.15) is 26.2 Å². The molecular weight excluding hydrogens is 234 g/mol. The number of hydrogen-bond acceptors (Lipinski definition) is 2. The molecule has 17 heavy (non-hydrogen) atoms. The van der Waals surface area contributed by atoms with Crippen molar-refractivity contribution >= 4 is 28.6 Å². The van der Waals surface area contributed by atoms with Crippen molar-refractivity contribution in [2.75, 3.05) is 5.73 Å². The van der Waals surface area contributed by atoms with E-state index < -0.39 is 0 Å². The lowest BCUT2D eigenvalue weighted by molar-refractivity contribution is 0.418. The first-order valence-electron chi connectivity index (χ1n) is 6.05. The van der Waals surface area contributed by atoms with Crippen molar-refractivity contribution in [3.05, 3.63) is 23.2 Å². The molecule has 1 saturated carbocycles. The zero-order valence-corrected chi connectivity index (χ0v) is 10.7. The van der Waals surface area contributed by atoms with Crippen molar-refractivity contribution in [3.63, 3.8) is 0 Å². The molecule has 1 heterocycles. The van der Waals surface area contributed by atoms with E-state index in [0.29, 0.717) is 16.4 Å². The Hall–Kier alpha value is -1.22. The van der Waals surface area contributed by atoms with Crippen LogP contribution in [-0.4, -0.2) is 9.55 Å². The van der Waals surface area contributed by atoms with Crippen molar-refractivity contribution in [2.45, 2.75) is 32.7 Å². The lowest BCUT2D eigenvalue weighted by Crippen LogP contribution is -2.12. The molecule has 3 rings (SSSR count). The van der Waals surface area contributed by atoms with Gasteiger partial charge >= 0.3 is 0 Å². The van der Waals surface area contributed by atoms with Gasteiger partial charge in [0.05, 0.1) is 10.5 Å². The summed E-state index contributed by atoms with van der Waals surface area (Å²) >= 11 is 6.13. The van der Waals surface area contributed by atoms with Crippen molar-refractivity contribution in [3.8, 4) is 0 Å². The van der Waals surface area contributed by atoms with Gasteiger partial charge in [-0.2, -0.15) is 0 Å². The second-order valence-electron chi connectivity index (χ2n) is 5.02. The van der Waals surface area contributed by atoms with Crippen LogP contribution >= 0.6 is 11.6 Å². The number of halogens is 1. The molecule has 1 aromatic carbocycles. The number of anilines is 1. The molecule has 0 atom stereocenters. The quantitative estimate of drug-likeness (QED) is 0.905. The van der Waals surface area contributed by atoms with Crippen LogP contribution in [0.15, 0.2) is 18.2 Å². The van der Waals surface area contributed by atoms with E-state index in [1.165, 1.54) is 19.3 Å². The summed E-state index contributed by atoms with van der Waals surface area (Å²) in [4.78, 5) is 4.37. The molecule has 1 aliphatic rings.